The summed E-state index contributed by atoms with van der Waals surface area (Å²) in [5.41, 5.74) is 3.75. The Morgan fingerprint density at radius 1 is 1.24 bits per heavy atom. The first-order valence-corrected chi connectivity index (χ1v) is 8.90. The monoisotopic (exact) mass is 305 g/mol. The van der Waals surface area contributed by atoms with E-state index in [9.17, 15) is 8.42 Å². The predicted octanol–water partition coefficient (Wildman–Crippen LogP) is 2.88. The van der Waals surface area contributed by atoms with Gasteiger partial charge in [-0.2, -0.15) is 0 Å². The van der Waals surface area contributed by atoms with Crippen LogP contribution in [0.4, 0.5) is 0 Å². The number of hydrogen-bond acceptors (Lipinski definition) is 4. The standard InChI is InChI=1S/C16H19NO3S/c1-11(2)16-14(9-20-17-16)10-21(18,19)15-7-12-5-3-4-6-13(12)8-15/h3-6,9,11,15H,7-8,10H2,1-2H3. The molecule has 21 heavy (non-hydrogen) atoms. The number of fused-ring (bicyclic) bond motifs is 1. The Balaban J connectivity index is 1.81. The van der Waals surface area contributed by atoms with Crippen LogP contribution in [0.25, 0.3) is 0 Å². The van der Waals surface area contributed by atoms with Gasteiger partial charge in [-0.1, -0.05) is 43.3 Å². The van der Waals surface area contributed by atoms with Gasteiger partial charge in [0.15, 0.2) is 9.84 Å². The molecule has 0 atom stereocenters. The van der Waals surface area contributed by atoms with E-state index in [1.54, 1.807) is 0 Å². The van der Waals surface area contributed by atoms with Crippen LogP contribution in [0.2, 0.25) is 0 Å². The number of hydrogen-bond donors (Lipinski definition) is 0. The number of rotatable bonds is 4. The summed E-state index contributed by atoms with van der Waals surface area (Å²) in [5, 5.41) is 3.60. The van der Waals surface area contributed by atoms with Crippen molar-refractivity contribution in [2.75, 3.05) is 0 Å². The Kier molecular flexibility index (Phi) is 3.61. The molecule has 0 spiro atoms. The summed E-state index contributed by atoms with van der Waals surface area (Å²) in [6, 6.07) is 7.96. The van der Waals surface area contributed by atoms with E-state index in [1.165, 1.54) is 6.26 Å². The molecule has 1 aromatic carbocycles. The zero-order valence-electron chi connectivity index (χ0n) is 12.2. The van der Waals surface area contributed by atoms with Gasteiger partial charge in [-0.05, 0) is 29.9 Å². The van der Waals surface area contributed by atoms with Crippen molar-refractivity contribution in [3.63, 3.8) is 0 Å². The molecule has 0 amide bonds. The lowest BCUT2D eigenvalue weighted by atomic mass is 10.1. The number of nitrogens with zero attached hydrogens (tertiary/aromatic N) is 1. The van der Waals surface area contributed by atoms with Crippen molar-refractivity contribution in [1.29, 1.82) is 0 Å². The zero-order chi connectivity index (χ0) is 15.0. The minimum absolute atomic E-state index is 0.0165. The number of aromatic nitrogens is 1. The average Bonchev–Trinajstić information content (AvgIpc) is 3.04. The third-order valence-corrected chi connectivity index (χ3v) is 6.16. The molecule has 0 bridgehead atoms. The number of sulfone groups is 1. The maximum Gasteiger partial charge on any atom is 0.158 e. The van der Waals surface area contributed by atoms with Crippen molar-refractivity contribution in [3.05, 3.63) is 52.9 Å². The Hall–Kier alpha value is -1.62. The highest BCUT2D eigenvalue weighted by molar-refractivity contribution is 7.91. The normalized spacial score (nSPS) is 15.6. The van der Waals surface area contributed by atoms with E-state index in [2.05, 4.69) is 5.16 Å². The van der Waals surface area contributed by atoms with Crippen molar-refractivity contribution in [2.24, 2.45) is 0 Å². The second-order valence-electron chi connectivity index (χ2n) is 5.99. The van der Waals surface area contributed by atoms with Crippen LogP contribution in [0.5, 0.6) is 0 Å². The molecule has 2 aromatic rings. The lowest BCUT2D eigenvalue weighted by Crippen LogP contribution is -2.23. The van der Waals surface area contributed by atoms with Crippen LogP contribution in [-0.2, 0) is 28.4 Å². The minimum Gasteiger partial charge on any atom is -0.364 e. The molecule has 0 unspecified atom stereocenters. The zero-order valence-corrected chi connectivity index (χ0v) is 13.1. The molecule has 4 nitrogen and oxygen atoms in total. The van der Waals surface area contributed by atoms with Gasteiger partial charge < -0.3 is 4.52 Å². The highest BCUT2D eigenvalue weighted by Gasteiger charge is 2.33. The molecule has 1 aliphatic rings. The molecule has 0 radical (unpaired) electrons. The Labute approximate surface area is 125 Å². The minimum atomic E-state index is -3.21. The molecular weight excluding hydrogens is 286 g/mol. The van der Waals surface area contributed by atoms with Gasteiger partial charge in [-0.3, -0.25) is 0 Å². The van der Waals surface area contributed by atoms with Gasteiger partial charge in [0.05, 0.1) is 16.7 Å². The van der Waals surface area contributed by atoms with E-state index in [-0.39, 0.29) is 16.9 Å². The molecule has 1 heterocycles. The lowest BCUT2D eigenvalue weighted by molar-refractivity contribution is 0.408. The SMILES string of the molecule is CC(C)c1nocc1CS(=O)(=O)C1Cc2ccccc2C1. The van der Waals surface area contributed by atoms with Gasteiger partial charge >= 0.3 is 0 Å². The molecule has 0 N–H and O–H groups in total. The van der Waals surface area contributed by atoms with Crippen molar-refractivity contribution < 1.29 is 12.9 Å². The summed E-state index contributed by atoms with van der Waals surface area (Å²) in [4.78, 5) is 0. The van der Waals surface area contributed by atoms with Gasteiger partial charge in [0, 0.05) is 5.56 Å². The van der Waals surface area contributed by atoms with Crippen LogP contribution in [0.1, 0.15) is 42.1 Å². The average molecular weight is 305 g/mol. The van der Waals surface area contributed by atoms with Gasteiger partial charge in [0.1, 0.15) is 6.26 Å². The lowest BCUT2D eigenvalue weighted by Gasteiger charge is -2.11. The third-order valence-electron chi connectivity index (χ3n) is 4.10. The molecule has 5 heteroatoms. The fourth-order valence-corrected chi connectivity index (χ4v) is 4.71. The molecule has 0 aliphatic heterocycles. The summed E-state index contributed by atoms with van der Waals surface area (Å²) in [6.45, 7) is 3.97. The highest BCUT2D eigenvalue weighted by Crippen LogP contribution is 2.29. The summed E-state index contributed by atoms with van der Waals surface area (Å²) in [7, 11) is -3.21. The first-order chi connectivity index (χ1) is 9.97. The van der Waals surface area contributed by atoms with Crippen molar-refractivity contribution in [1.82, 2.24) is 5.16 Å². The van der Waals surface area contributed by atoms with Crippen LogP contribution in [0.3, 0.4) is 0 Å². The molecule has 1 aromatic heterocycles. The maximum absolute atomic E-state index is 12.7. The summed E-state index contributed by atoms with van der Waals surface area (Å²) in [6.07, 6.45) is 2.69. The van der Waals surface area contributed by atoms with Gasteiger partial charge in [0.2, 0.25) is 0 Å². The van der Waals surface area contributed by atoms with E-state index in [0.29, 0.717) is 18.4 Å². The highest BCUT2D eigenvalue weighted by atomic mass is 32.2. The number of benzene rings is 1. The predicted molar refractivity (Wildman–Crippen MR) is 80.9 cm³/mol. The van der Waals surface area contributed by atoms with E-state index >= 15 is 0 Å². The van der Waals surface area contributed by atoms with E-state index < -0.39 is 9.84 Å². The Morgan fingerprint density at radius 3 is 2.43 bits per heavy atom. The largest absolute Gasteiger partial charge is 0.364 e. The second kappa shape index (κ2) is 5.30. The maximum atomic E-state index is 12.7. The molecule has 1 aliphatic carbocycles. The molecule has 112 valence electrons. The summed E-state index contributed by atoms with van der Waals surface area (Å²) >= 11 is 0. The van der Waals surface area contributed by atoms with Crippen molar-refractivity contribution >= 4 is 9.84 Å². The summed E-state index contributed by atoms with van der Waals surface area (Å²) < 4.78 is 30.3. The van der Waals surface area contributed by atoms with Crippen LogP contribution in [-0.4, -0.2) is 18.8 Å². The summed E-state index contributed by atoms with van der Waals surface area (Å²) in [5.74, 6) is 0.178. The second-order valence-corrected chi connectivity index (χ2v) is 8.27. The molecule has 0 saturated carbocycles. The van der Waals surface area contributed by atoms with Gasteiger partial charge in [-0.25, -0.2) is 8.42 Å². The molecule has 3 rings (SSSR count). The fraction of sp³-hybridized carbons (Fsp3) is 0.438. The quantitative estimate of drug-likeness (QED) is 0.871. The molecule has 0 saturated heterocycles. The first-order valence-electron chi connectivity index (χ1n) is 7.19. The van der Waals surface area contributed by atoms with E-state index in [0.717, 1.165) is 16.8 Å². The van der Waals surface area contributed by atoms with Crippen LogP contribution in [0, 0.1) is 0 Å². The van der Waals surface area contributed by atoms with Gasteiger partial charge in [-0.15, -0.1) is 0 Å². The fourth-order valence-electron chi connectivity index (χ4n) is 2.96. The first kappa shape index (κ1) is 14.3. The van der Waals surface area contributed by atoms with Crippen molar-refractivity contribution in [2.45, 2.75) is 43.6 Å². The van der Waals surface area contributed by atoms with E-state index in [1.807, 2.05) is 38.1 Å². The van der Waals surface area contributed by atoms with E-state index in [4.69, 9.17) is 4.52 Å². The van der Waals surface area contributed by atoms with Gasteiger partial charge in [0.25, 0.3) is 0 Å². The molecular formula is C16H19NO3S. The Bertz CT molecular complexity index is 721. The van der Waals surface area contributed by atoms with Crippen LogP contribution < -0.4 is 0 Å². The third kappa shape index (κ3) is 2.75. The van der Waals surface area contributed by atoms with Crippen molar-refractivity contribution in [3.8, 4) is 0 Å². The topological polar surface area (TPSA) is 60.2 Å². The Morgan fingerprint density at radius 2 is 1.86 bits per heavy atom. The van der Waals surface area contributed by atoms with Crippen LogP contribution >= 0.6 is 0 Å². The van der Waals surface area contributed by atoms with Crippen LogP contribution in [0.15, 0.2) is 35.1 Å². The smallest absolute Gasteiger partial charge is 0.158 e. The molecule has 0 fully saturated rings.